The number of hydrogen-bond donors (Lipinski definition) is 1. The molecule has 28 heavy (non-hydrogen) atoms. The maximum Gasteiger partial charge on any atom is 0.119 e. The Hall–Kier alpha value is -1.30. The molecular weight excluding hydrogens is 395 g/mol. The lowest BCUT2D eigenvalue weighted by molar-refractivity contribution is -0.00100. The zero-order valence-corrected chi connectivity index (χ0v) is 18.2. The van der Waals surface area contributed by atoms with Crippen LogP contribution in [0.1, 0.15) is 16.7 Å². The van der Waals surface area contributed by atoms with Gasteiger partial charge in [-0.2, -0.15) is 0 Å². The highest BCUT2D eigenvalue weighted by molar-refractivity contribution is 5.33. The van der Waals surface area contributed by atoms with Crippen LogP contribution in [0.25, 0.3) is 0 Å². The van der Waals surface area contributed by atoms with E-state index >= 15 is 0 Å². The SMILES string of the molecule is Cc1cc(C)cc(OCC(O)CN2CCN(Cc3ccccc3)CC2)c1.[Cl-].[Cl-]. The molecule has 0 amide bonds. The molecule has 2 aromatic carbocycles. The first-order valence-corrected chi connectivity index (χ1v) is 9.46. The van der Waals surface area contributed by atoms with Crippen molar-refractivity contribution in [3.8, 4) is 5.75 Å². The summed E-state index contributed by atoms with van der Waals surface area (Å²) in [6.07, 6.45) is -0.462. The zero-order chi connectivity index (χ0) is 18.4. The fraction of sp³-hybridized carbons (Fsp3) is 0.455. The van der Waals surface area contributed by atoms with Crippen molar-refractivity contribution in [2.24, 2.45) is 0 Å². The van der Waals surface area contributed by atoms with E-state index in [1.165, 1.54) is 16.7 Å². The van der Waals surface area contributed by atoms with Gasteiger partial charge < -0.3 is 34.7 Å². The maximum absolute atomic E-state index is 10.3. The quantitative estimate of drug-likeness (QED) is 0.509. The van der Waals surface area contributed by atoms with Gasteiger partial charge in [0, 0.05) is 39.3 Å². The zero-order valence-electron chi connectivity index (χ0n) is 16.7. The number of benzene rings is 2. The minimum atomic E-state index is -0.462. The van der Waals surface area contributed by atoms with Crippen LogP contribution in [0.3, 0.4) is 0 Å². The molecule has 1 N–H and O–H groups in total. The van der Waals surface area contributed by atoms with Crippen molar-refractivity contribution < 1.29 is 34.7 Å². The summed E-state index contributed by atoms with van der Waals surface area (Å²) in [6.45, 7) is 10.2. The highest BCUT2D eigenvalue weighted by Gasteiger charge is 2.19. The molecule has 2 aromatic rings. The molecule has 1 aliphatic heterocycles. The molecule has 0 radical (unpaired) electrons. The summed E-state index contributed by atoms with van der Waals surface area (Å²) in [4.78, 5) is 4.81. The average molecular weight is 425 g/mol. The number of aliphatic hydroxyl groups is 1. The van der Waals surface area contributed by atoms with Gasteiger partial charge >= 0.3 is 0 Å². The third-order valence-corrected chi connectivity index (χ3v) is 4.82. The molecule has 156 valence electrons. The lowest BCUT2D eigenvalue weighted by atomic mass is 10.1. The second kappa shape index (κ2) is 12.3. The van der Waals surface area contributed by atoms with Gasteiger partial charge in [-0.25, -0.2) is 0 Å². The predicted octanol–water partition coefficient (Wildman–Crippen LogP) is -3.13. The van der Waals surface area contributed by atoms with Crippen LogP contribution in [0, 0.1) is 13.8 Å². The third kappa shape index (κ3) is 7.98. The Balaban J connectivity index is 0.00000196. The normalized spacial score (nSPS) is 16.0. The lowest BCUT2D eigenvalue weighted by Gasteiger charge is -2.35. The topological polar surface area (TPSA) is 35.9 Å². The van der Waals surface area contributed by atoms with Crippen LogP contribution in [0.5, 0.6) is 5.75 Å². The monoisotopic (exact) mass is 424 g/mol. The van der Waals surface area contributed by atoms with Gasteiger partial charge in [-0.15, -0.1) is 0 Å². The number of hydrogen-bond acceptors (Lipinski definition) is 4. The number of aryl methyl sites for hydroxylation is 2. The van der Waals surface area contributed by atoms with Crippen LogP contribution in [0.4, 0.5) is 0 Å². The Labute approximate surface area is 181 Å². The standard InChI is InChI=1S/C22H30N2O2.2ClH/c1-18-12-19(2)14-22(13-18)26-17-21(25)16-24-10-8-23(9-11-24)15-20-6-4-3-5-7-20;;/h3-7,12-14,21,25H,8-11,15-17H2,1-2H3;2*1H/p-2. The van der Waals surface area contributed by atoms with Gasteiger partial charge in [-0.1, -0.05) is 36.4 Å². The number of halogens is 2. The Bertz CT molecular complexity index is 672. The average Bonchev–Trinajstić information content (AvgIpc) is 2.62. The molecule has 1 fully saturated rings. The summed E-state index contributed by atoms with van der Waals surface area (Å²) in [6, 6.07) is 16.8. The molecule has 6 heteroatoms. The van der Waals surface area contributed by atoms with Gasteiger partial charge in [0.15, 0.2) is 0 Å². The predicted molar refractivity (Wildman–Crippen MR) is 106 cm³/mol. The summed E-state index contributed by atoms with van der Waals surface area (Å²) >= 11 is 0. The first-order chi connectivity index (χ1) is 12.6. The number of rotatable bonds is 7. The van der Waals surface area contributed by atoms with Crippen molar-refractivity contribution in [3.63, 3.8) is 0 Å². The van der Waals surface area contributed by atoms with E-state index in [4.69, 9.17) is 4.74 Å². The summed E-state index contributed by atoms with van der Waals surface area (Å²) in [7, 11) is 0. The summed E-state index contributed by atoms with van der Waals surface area (Å²) in [5.41, 5.74) is 3.73. The molecule has 0 aliphatic carbocycles. The summed E-state index contributed by atoms with van der Waals surface area (Å²) < 4.78 is 5.78. The molecule has 1 saturated heterocycles. The molecule has 3 rings (SSSR count). The summed E-state index contributed by atoms with van der Waals surface area (Å²) in [5, 5.41) is 10.3. The van der Waals surface area contributed by atoms with Gasteiger partial charge in [0.2, 0.25) is 0 Å². The Morgan fingerprint density at radius 2 is 1.46 bits per heavy atom. The number of ether oxygens (including phenoxy) is 1. The first-order valence-electron chi connectivity index (χ1n) is 9.46. The molecule has 1 heterocycles. The fourth-order valence-corrected chi connectivity index (χ4v) is 3.53. The maximum atomic E-state index is 10.3. The molecule has 0 bridgehead atoms. The molecule has 0 aromatic heterocycles. The van der Waals surface area contributed by atoms with Crippen molar-refractivity contribution in [2.75, 3.05) is 39.3 Å². The molecule has 4 nitrogen and oxygen atoms in total. The second-order valence-electron chi connectivity index (χ2n) is 7.35. The van der Waals surface area contributed by atoms with Gasteiger partial charge in [0.05, 0.1) is 0 Å². The second-order valence-corrected chi connectivity index (χ2v) is 7.35. The van der Waals surface area contributed by atoms with E-state index in [0.29, 0.717) is 13.2 Å². The minimum Gasteiger partial charge on any atom is -1.00 e. The largest absolute Gasteiger partial charge is 1.00 e. The molecule has 1 unspecified atom stereocenters. The van der Waals surface area contributed by atoms with Crippen LogP contribution in [-0.2, 0) is 6.54 Å². The van der Waals surface area contributed by atoms with E-state index in [9.17, 15) is 5.11 Å². The van der Waals surface area contributed by atoms with Gasteiger partial charge in [0.1, 0.15) is 18.5 Å². The van der Waals surface area contributed by atoms with E-state index < -0.39 is 6.10 Å². The molecule has 0 spiro atoms. The van der Waals surface area contributed by atoms with Crippen LogP contribution in [0.2, 0.25) is 0 Å². The Morgan fingerprint density at radius 1 is 0.893 bits per heavy atom. The molecule has 1 atom stereocenters. The van der Waals surface area contributed by atoms with Crippen molar-refractivity contribution in [2.45, 2.75) is 26.5 Å². The number of β-amino-alcohol motifs (C(OH)–C–C–N with tert-alkyl or cyclic N) is 1. The van der Waals surface area contributed by atoms with Crippen molar-refractivity contribution in [1.29, 1.82) is 0 Å². The van der Waals surface area contributed by atoms with E-state index in [-0.39, 0.29) is 24.8 Å². The fourth-order valence-electron chi connectivity index (χ4n) is 3.53. The van der Waals surface area contributed by atoms with Crippen molar-refractivity contribution in [3.05, 3.63) is 65.2 Å². The number of piperazine rings is 1. The van der Waals surface area contributed by atoms with E-state index in [1.54, 1.807) is 0 Å². The van der Waals surface area contributed by atoms with Gasteiger partial charge in [0.25, 0.3) is 0 Å². The van der Waals surface area contributed by atoms with Crippen LogP contribution in [-0.4, -0.2) is 60.3 Å². The van der Waals surface area contributed by atoms with Gasteiger partial charge in [-0.05, 0) is 42.7 Å². The molecular formula is C22H30Cl2N2O2-2. The molecule has 0 saturated carbocycles. The highest BCUT2D eigenvalue weighted by atomic mass is 35.5. The highest BCUT2D eigenvalue weighted by Crippen LogP contribution is 2.16. The molecule has 1 aliphatic rings. The summed E-state index contributed by atoms with van der Waals surface area (Å²) in [5.74, 6) is 0.842. The van der Waals surface area contributed by atoms with Crippen molar-refractivity contribution >= 4 is 0 Å². The first kappa shape index (κ1) is 24.7. The lowest BCUT2D eigenvalue weighted by Crippen LogP contribution is -3.00. The number of nitrogens with zero attached hydrogens (tertiary/aromatic N) is 2. The third-order valence-electron chi connectivity index (χ3n) is 4.82. The van der Waals surface area contributed by atoms with Crippen LogP contribution < -0.4 is 29.6 Å². The Morgan fingerprint density at radius 3 is 2.07 bits per heavy atom. The van der Waals surface area contributed by atoms with E-state index in [1.807, 2.05) is 12.1 Å². The Kier molecular flexibility index (Phi) is 10.9. The van der Waals surface area contributed by atoms with E-state index in [0.717, 1.165) is 38.5 Å². The van der Waals surface area contributed by atoms with Crippen LogP contribution >= 0.6 is 0 Å². The van der Waals surface area contributed by atoms with E-state index in [2.05, 4.69) is 60.0 Å². The van der Waals surface area contributed by atoms with Crippen LogP contribution in [0.15, 0.2) is 48.5 Å². The minimum absolute atomic E-state index is 0. The van der Waals surface area contributed by atoms with Crippen molar-refractivity contribution in [1.82, 2.24) is 9.80 Å². The van der Waals surface area contributed by atoms with Gasteiger partial charge in [-0.3, -0.25) is 9.80 Å². The number of aliphatic hydroxyl groups excluding tert-OH is 1. The smallest absolute Gasteiger partial charge is 0.119 e.